The van der Waals surface area contributed by atoms with Crippen LogP contribution in [0.25, 0.3) is 11.3 Å². The van der Waals surface area contributed by atoms with Crippen LogP contribution in [0, 0.1) is 0 Å². The zero-order chi connectivity index (χ0) is 24.2. The highest BCUT2D eigenvalue weighted by Crippen LogP contribution is 2.38. The van der Waals surface area contributed by atoms with Crippen molar-refractivity contribution < 1.29 is 14.7 Å². The Morgan fingerprint density at radius 2 is 1.82 bits per heavy atom. The Bertz CT molecular complexity index is 1200. The number of nitrogens with one attached hydrogen (secondary N) is 2. The Kier molecular flexibility index (Phi) is 7.44. The number of hydrogen-bond acceptors (Lipinski definition) is 4. The first-order valence-corrected chi connectivity index (χ1v) is 12.1. The molecule has 0 atom stereocenters. The molecule has 1 aliphatic carbocycles. The minimum atomic E-state index is -0.469. The van der Waals surface area contributed by atoms with Gasteiger partial charge >= 0.3 is 6.03 Å². The lowest BCUT2D eigenvalue weighted by molar-refractivity contribution is 0.102. The van der Waals surface area contributed by atoms with Crippen LogP contribution in [-0.2, 0) is 0 Å². The summed E-state index contributed by atoms with van der Waals surface area (Å²) in [4.78, 5) is 25.6. The number of amides is 2. The van der Waals surface area contributed by atoms with Crippen molar-refractivity contribution in [2.45, 2.75) is 44.9 Å². The number of halogens is 2. The van der Waals surface area contributed by atoms with Gasteiger partial charge < -0.3 is 15.7 Å². The smallest absolute Gasteiger partial charge is 0.342 e. The van der Waals surface area contributed by atoms with E-state index in [4.69, 9.17) is 23.2 Å². The highest BCUT2D eigenvalue weighted by molar-refractivity contribution is 6.40. The topological polar surface area (TPSA) is 96.3 Å². The van der Waals surface area contributed by atoms with Gasteiger partial charge in [0.05, 0.1) is 27.0 Å². The van der Waals surface area contributed by atoms with E-state index in [-0.39, 0.29) is 33.3 Å². The van der Waals surface area contributed by atoms with Gasteiger partial charge in [0.1, 0.15) is 5.75 Å². The molecule has 2 amide bonds. The Morgan fingerprint density at radius 3 is 2.50 bits per heavy atom. The number of anilines is 1. The highest BCUT2D eigenvalue weighted by atomic mass is 35.5. The van der Waals surface area contributed by atoms with Gasteiger partial charge in [0, 0.05) is 23.7 Å². The average Bonchev–Trinajstić information content (AvgIpc) is 3.48. The summed E-state index contributed by atoms with van der Waals surface area (Å²) in [5.74, 6) is -0.241. The summed E-state index contributed by atoms with van der Waals surface area (Å²) in [6.45, 7) is 2.54. The number of phenolic OH excluding ortho intramolecular Hbond substituents is 1. The van der Waals surface area contributed by atoms with Crippen LogP contribution in [0.5, 0.6) is 5.75 Å². The van der Waals surface area contributed by atoms with Crippen LogP contribution in [0.4, 0.5) is 10.5 Å². The second-order valence-corrected chi connectivity index (χ2v) is 9.18. The molecule has 0 saturated heterocycles. The molecule has 0 bridgehead atoms. The maximum absolute atomic E-state index is 12.8. The Morgan fingerprint density at radius 1 is 1.12 bits per heavy atom. The summed E-state index contributed by atoms with van der Waals surface area (Å²) >= 11 is 12.3. The van der Waals surface area contributed by atoms with E-state index < -0.39 is 5.91 Å². The molecule has 1 saturated carbocycles. The number of aromatic hydroxyl groups is 1. The normalized spacial score (nSPS) is 13.7. The molecule has 4 rings (SSSR count). The Balaban J connectivity index is 1.67. The maximum atomic E-state index is 12.8. The van der Waals surface area contributed by atoms with E-state index >= 15 is 0 Å². The molecule has 34 heavy (non-hydrogen) atoms. The third-order valence-corrected chi connectivity index (χ3v) is 6.58. The fourth-order valence-electron chi connectivity index (χ4n) is 4.24. The number of nitrogens with zero attached hydrogens (tertiary/aromatic N) is 2. The van der Waals surface area contributed by atoms with Crippen LogP contribution in [0.2, 0.25) is 10.0 Å². The molecule has 1 heterocycles. The highest BCUT2D eigenvalue weighted by Gasteiger charge is 2.26. The number of carbonyl (C=O) groups is 2. The first-order valence-electron chi connectivity index (χ1n) is 11.4. The lowest BCUT2D eigenvalue weighted by Crippen LogP contribution is -2.31. The molecular weight excluding hydrogens is 475 g/mol. The molecule has 0 aliphatic heterocycles. The molecule has 3 N–H and O–H groups in total. The standard InChI is InChI=1S/C25H26Cl2N4O3/c1-2-12-28-25(34)31-21(15-6-3-4-7-15)14-20(30-31)17-13-16(10-11-22(17)32)29-24(33)23-18(26)8-5-9-19(23)27/h5,8-11,13-15,32H,2-4,6-7,12H2,1H3,(H,28,34)(H,29,33). The molecule has 0 unspecified atom stereocenters. The van der Waals surface area contributed by atoms with Crippen LogP contribution < -0.4 is 10.6 Å². The third kappa shape index (κ3) is 5.05. The van der Waals surface area contributed by atoms with Gasteiger partial charge in [-0.15, -0.1) is 0 Å². The van der Waals surface area contributed by atoms with E-state index in [9.17, 15) is 14.7 Å². The summed E-state index contributed by atoms with van der Waals surface area (Å²) in [5, 5.41) is 21.2. The van der Waals surface area contributed by atoms with Gasteiger partial charge in [-0.05, 0) is 55.7 Å². The van der Waals surface area contributed by atoms with Crippen LogP contribution >= 0.6 is 23.2 Å². The molecule has 7 nitrogen and oxygen atoms in total. The SMILES string of the molecule is CCCNC(=O)n1nc(-c2cc(NC(=O)c3c(Cl)cccc3Cl)ccc2O)cc1C1CCCC1. The summed E-state index contributed by atoms with van der Waals surface area (Å²) in [5.41, 5.74) is 2.29. The molecule has 1 aromatic heterocycles. The summed E-state index contributed by atoms with van der Waals surface area (Å²) in [6.07, 6.45) is 5.02. The van der Waals surface area contributed by atoms with E-state index in [0.29, 0.717) is 23.5 Å². The van der Waals surface area contributed by atoms with Gasteiger partial charge in [-0.2, -0.15) is 9.78 Å². The van der Waals surface area contributed by atoms with Crippen molar-refractivity contribution in [1.29, 1.82) is 0 Å². The number of phenols is 1. The summed E-state index contributed by atoms with van der Waals surface area (Å²) in [7, 11) is 0. The number of rotatable bonds is 6. The van der Waals surface area contributed by atoms with Crippen LogP contribution in [0.1, 0.15) is 61.0 Å². The van der Waals surface area contributed by atoms with Crippen molar-refractivity contribution in [2.75, 3.05) is 11.9 Å². The minimum absolute atomic E-state index is 0.00892. The van der Waals surface area contributed by atoms with Crippen molar-refractivity contribution in [3.05, 3.63) is 63.8 Å². The predicted octanol–water partition coefficient (Wildman–Crippen LogP) is 6.44. The molecule has 1 aliphatic rings. The van der Waals surface area contributed by atoms with Crippen molar-refractivity contribution >= 4 is 40.8 Å². The first kappa shape index (κ1) is 24.1. The monoisotopic (exact) mass is 500 g/mol. The van der Waals surface area contributed by atoms with Crippen LogP contribution in [0.3, 0.4) is 0 Å². The lowest BCUT2D eigenvalue weighted by Gasteiger charge is -2.11. The number of aromatic nitrogens is 2. The van der Waals surface area contributed by atoms with Gasteiger partial charge in [0.25, 0.3) is 5.91 Å². The second kappa shape index (κ2) is 10.5. The van der Waals surface area contributed by atoms with E-state index in [1.54, 1.807) is 30.3 Å². The van der Waals surface area contributed by atoms with Crippen LogP contribution in [0.15, 0.2) is 42.5 Å². The second-order valence-electron chi connectivity index (χ2n) is 8.36. The molecule has 178 valence electrons. The van der Waals surface area contributed by atoms with Gasteiger partial charge in [-0.3, -0.25) is 4.79 Å². The summed E-state index contributed by atoms with van der Waals surface area (Å²) < 4.78 is 1.41. The van der Waals surface area contributed by atoms with E-state index in [2.05, 4.69) is 15.7 Å². The van der Waals surface area contributed by atoms with Crippen molar-refractivity contribution in [3.63, 3.8) is 0 Å². The summed E-state index contributed by atoms with van der Waals surface area (Å²) in [6, 6.07) is 11.1. The molecule has 0 radical (unpaired) electrons. The zero-order valence-electron chi connectivity index (χ0n) is 18.8. The molecule has 3 aromatic rings. The van der Waals surface area contributed by atoms with Gasteiger partial charge in [-0.25, -0.2) is 4.79 Å². The lowest BCUT2D eigenvalue weighted by atomic mass is 10.0. The fraction of sp³-hybridized carbons (Fsp3) is 0.320. The van der Waals surface area contributed by atoms with E-state index in [1.165, 1.54) is 10.7 Å². The zero-order valence-corrected chi connectivity index (χ0v) is 20.3. The van der Waals surface area contributed by atoms with Crippen molar-refractivity contribution in [2.24, 2.45) is 0 Å². The fourth-order valence-corrected chi connectivity index (χ4v) is 4.81. The Labute approximate surface area is 208 Å². The van der Waals surface area contributed by atoms with Gasteiger partial charge in [0.15, 0.2) is 0 Å². The number of carbonyl (C=O) groups excluding carboxylic acids is 2. The minimum Gasteiger partial charge on any atom is -0.507 e. The van der Waals surface area contributed by atoms with Crippen LogP contribution in [-0.4, -0.2) is 33.4 Å². The average molecular weight is 501 g/mol. The maximum Gasteiger partial charge on any atom is 0.342 e. The molecule has 2 aromatic carbocycles. The molecular formula is C25H26Cl2N4O3. The Hall–Kier alpha value is -3.03. The molecule has 1 fully saturated rings. The first-order chi connectivity index (χ1) is 16.4. The van der Waals surface area contributed by atoms with Gasteiger partial charge in [0.2, 0.25) is 0 Å². The van der Waals surface area contributed by atoms with E-state index in [0.717, 1.165) is 37.8 Å². The van der Waals surface area contributed by atoms with Crippen molar-refractivity contribution in [1.82, 2.24) is 15.1 Å². The largest absolute Gasteiger partial charge is 0.507 e. The van der Waals surface area contributed by atoms with Crippen molar-refractivity contribution in [3.8, 4) is 17.0 Å². The number of benzene rings is 2. The molecule has 9 heteroatoms. The quantitative estimate of drug-likeness (QED) is 0.339. The molecule has 0 spiro atoms. The number of hydrogen-bond donors (Lipinski definition) is 3. The predicted molar refractivity (Wildman–Crippen MR) is 134 cm³/mol. The van der Waals surface area contributed by atoms with Gasteiger partial charge in [-0.1, -0.05) is 49.0 Å². The van der Waals surface area contributed by atoms with E-state index in [1.807, 2.05) is 13.0 Å². The third-order valence-electron chi connectivity index (χ3n) is 5.95.